The Hall–Kier alpha value is -1.68. The van der Waals surface area contributed by atoms with Crippen molar-refractivity contribution in [3.05, 3.63) is 35.8 Å². The molecule has 0 atom stereocenters. The Balaban J connectivity index is 2.05. The maximum absolute atomic E-state index is 13.8. The van der Waals surface area contributed by atoms with Crippen molar-refractivity contribution in [1.29, 1.82) is 0 Å². The molecule has 0 saturated carbocycles. The summed E-state index contributed by atoms with van der Waals surface area (Å²) in [5, 5.41) is 3.98. The molecule has 1 aliphatic heterocycles. The maximum Gasteiger partial charge on any atom is 0.168 e. The Morgan fingerprint density at radius 3 is 2.84 bits per heavy atom. The van der Waals surface area contributed by atoms with Gasteiger partial charge in [0.1, 0.15) is 5.82 Å². The molecule has 1 saturated heterocycles. The van der Waals surface area contributed by atoms with Gasteiger partial charge in [-0.15, -0.1) is 0 Å². The molecule has 2 aromatic rings. The molecule has 0 spiro atoms. The average Bonchev–Trinajstić information content (AvgIpc) is 2.78. The molecule has 0 unspecified atom stereocenters. The van der Waals surface area contributed by atoms with Crippen molar-refractivity contribution < 1.29 is 9.18 Å². The van der Waals surface area contributed by atoms with Crippen molar-refractivity contribution in [3.63, 3.8) is 0 Å². The average molecular weight is 260 g/mol. The van der Waals surface area contributed by atoms with Crippen LogP contribution in [0.4, 0.5) is 4.39 Å². The van der Waals surface area contributed by atoms with Crippen LogP contribution in [0.3, 0.4) is 0 Å². The van der Waals surface area contributed by atoms with E-state index in [4.69, 9.17) is 0 Å². The third-order valence-corrected chi connectivity index (χ3v) is 3.93. The van der Waals surface area contributed by atoms with Crippen molar-refractivity contribution in [1.82, 2.24) is 9.88 Å². The Bertz CT molecular complexity index is 626. The molecule has 2 heterocycles. The van der Waals surface area contributed by atoms with Crippen molar-refractivity contribution >= 4 is 16.7 Å². The first-order chi connectivity index (χ1) is 9.18. The monoisotopic (exact) mass is 260 g/mol. The van der Waals surface area contributed by atoms with E-state index in [2.05, 4.69) is 5.32 Å². The van der Waals surface area contributed by atoms with Gasteiger partial charge in [-0.05, 0) is 32.0 Å². The van der Waals surface area contributed by atoms with Crippen molar-refractivity contribution in [2.45, 2.75) is 12.8 Å². The Morgan fingerprint density at radius 1 is 1.37 bits per heavy atom. The molecule has 3 nitrogen and oxygen atoms in total. The van der Waals surface area contributed by atoms with Crippen LogP contribution in [0.1, 0.15) is 23.2 Å². The zero-order valence-electron chi connectivity index (χ0n) is 10.9. The lowest BCUT2D eigenvalue weighted by Gasteiger charge is -2.21. The predicted molar refractivity (Wildman–Crippen MR) is 72.8 cm³/mol. The molecule has 1 aromatic heterocycles. The standard InChI is InChI=1S/C15H17FN2O/c1-18-9-12(11-3-2-4-13(16)14(11)18)15(19)10-5-7-17-8-6-10/h2-4,9-10,17H,5-8H2,1H3. The first-order valence-electron chi connectivity index (χ1n) is 6.67. The number of aromatic nitrogens is 1. The van der Waals surface area contributed by atoms with Crippen LogP contribution in [0.15, 0.2) is 24.4 Å². The minimum absolute atomic E-state index is 0.0649. The molecule has 0 bridgehead atoms. The van der Waals surface area contributed by atoms with Gasteiger partial charge in [0.25, 0.3) is 0 Å². The van der Waals surface area contributed by atoms with E-state index in [1.54, 1.807) is 23.9 Å². The molecule has 1 aromatic carbocycles. The fraction of sp³-hybridized carbons (Fsp3) is 0.400. The van der Waals surface area contributed by atoms with Gasteiger partial charge in [-0.2, -0.15) is 0 Å². The molecule has 100 valence electrons. The van der Waals surface area contributed by atoms with E-state index >= 15 is 0 Å². The smallest absolute Gasteiger partial charge is 0.168 e. The van der Waals surface area contributed by atoms with Gasteiger partial charge in [-0.1, -0.05) is 12.1 Å². The topological polar surface area (TPSA) is 34.0 Å². The van der Waals surface area contributed by atoms with Crippen LogP contribution in [-0.2, 0) is 7.05 Å². The first-order valence-corrected chi connectivity index (χ1v) is 6.67. The van der Waals surface area contributed by atoms with Gasteiger partial charge in [0.15, 0.2) is 5.78 Å². The Labute approximate surface area is 111 Å². The normalized spacial score (nSPS) is 16.9. The predicted octanol–water partition coefficient (Wildman–Crippen LogP) is 2.50. The van der Waals surface area contributed by atoms with Crippen molar-refractivity contribution in [3.8, 4) is 0 Å². The number of Topliss-reactive ketones (excluding diaryl/α,β-unsaturated/α-hetero) is 1. The Kier molecular flexibility index (Phi) is 3.11. The fourth-order valence-corrected chi connectivity index (χ4v) is 2.92. The SMILES string of the molecule is Cn1cc(C(=O)C2CCNCC2)c2cccc(F)c21. The second-order valence-corrected chi connectivity index (χ2v) is 5.18. The fourth-order valence-electron chi connectivity index (χ4n) is 2.92. The number of halogens is 1. The highest BCUT2D eigenvalue weighted by molar-refractivity contribution is 6.09. The zero-order chi connectivity index (χ0) is 13.4. The van der Waals surface area contributed by atoms with Gasteiger partial charge in [-0.3, -0.25) is 4.79 Å². The number of ketones is 1. The van der Waals surface area contributed by atoms with Gasteiger partial charge >= 0.3 is 0 Å². The number of benzene rings is 1. The van der Waals surface area contributed by atoms with E-state index in [-0.39, 0.29) is 17.5 Å². The number of piperidine rings is 1. The highest BCUT2D eigenvalue weighted by Gasteiger charge is 2.25. The summed E-state index contributed by atoms with van der Waals surface area (Å²) in [6.45, 7) is 1.77. The number of rotatable bonds is 2. The minimum atomic E-state index is -0.274. The summed E-state index contributed by atoms with van der Waals surface area (Å²) in [6, 6.07) is 4.92. The third kappa shape index (κ3) is 2.06. The van der Waals surface area contributed by atoms with Crippen LogP contribution in [0, 0.1) is 11.7 Å². The summed E-state index contributed by atoms with van der Waals surface area (Å²) in [7, 11) is 1.78. The lowest BCUT2D eigenvalue weighted by atomic mass is 9.89. The highest BCUT2D eigenvalue weighted by Crippen LogP contribution is 2.27. The van der Waals surface area contributed by atoms with Gasteiger partial charge in [-0.25, -0.2) is 4.39 Å². The molecule has 1 aliphatic rings. The van der Waals surface area contributed by atoms with Gasteiger partial charge in [0, 0.05) is 30.1 Å². The summed E-state index contributed by atoms with van der Waals surface area (Å²) in [4.78, 5) is 12.6. The van der Waals surface area contributed by atoms with Gasteiger partial charge in [0.05, 0.1) is 5.52 Å². The molecule has 0 radical (unpaired) electrons. The largest absolute Gasteiger partial charge is 0.347 e. The molecular weight excluding hydrogens is 243 g/mol. The second kappa shape index (κ2) is 4.78. The van der Waals surface area contributed by atoms with Gasteiger partial charge in [0.2, 0.25) is 0 Å². The third-order valence-electron chi connectivity index (χ3n) is 3.93. The van der Waals surface area contributed by atoms with E-state index in [1.165, 1.54) is 6.07 Å². The van der Waals surface area contributed by atoms with Crippen LogP contribution in [0.2, 0.25) is 0 Å². The number of hydrogen-bond donors (Lipinski definition) is 1. The number of hydrogen-bond acceptors (Lipinski definition) is 2. The van der Waals surface area contributed by atoms with Crippen molar-refractivity contribution in [2.75, 3.05) is 13.1 Å². The van der Waals surface area contributed by atoms with Crippen LogP contribution in [0.5, 0.6) is 0 Å². The number of aryl methyl sites for hydroxylation is 1. The number of carbonyl (C=O) groups is 1. The van der Waals surface area contributed by atoms with Crippen molar-refractivity contribution in [2.24, 2.45) is 13.0 Å². The second-order valence-electron chi connectivity index (χ2n) is 5.18. The molecular formula is C15H17FN2O. The maximum atomic E-state index is 13.8. The molecule has 3 rings (SSSR count). The van der Waals surface area contributed by atoms with E-state index in [1.807, 2.05) is 6.07 Å². The van der Waals surface area contributed by atoms with E-state index in [0.717, 1.165) is 31.3 Å². The van der Waals surface area contributed by atoms with E-state index in [0.29, 0.717) is 11.1 Å². The minimum Gasteiger partial charge on any atom is -0.347 e. The lowest BCUT2D eigenvalue weighted by molar-refractivity contribution is 0.0896. The first kappa shape index (κ1) is 12.4. The molecule has 1 N–H and O–H groups in total. The summed E-state index contributed by atoms with van der Waals surface area (Å²) >= 11 is 0. The van der Waals surface area contributed by atoms with E-state index in [9.17, 15) is 9.18 Å². The number of nitrogens with one attached hydrogen (secondary N) is 1. The number of nitrogens with zero attached hydrogens (tertiary/aromatic N) is 1. The molecule has 19 heavy (non-hydrogen) atoms. The summed E-state index contributed by atoms with van der Waals surface area (Å²) in [5.41, 5.74) is 1.17. The highest BCUT2D eigenvalue weighted by atomic mass is 19.1. The molecule has 0 amide bonds. The Morgan fingerprint density at radius 2 is 2.11 bits per heavy atom. The van der Waals surface area contributed by atoms with Crippen LogP contribution < -0.4 is 5.32 Å². The molecule has 4 heteroatoms. The zero-order valence-corrected chi connectivity index (χ0v) is 10.9. The lowest BCUT2D eigenvalue weighted by Crippen LogP contribution is -2.31. The quantitative estimate of drug-likeness (QED) is 0.842. The van der Waals surface area contributed by atoms with Crippen LogP contribution in [-0.4, -0.2) is 23.4 Å². The number of carbonyl (C=O) groups excluding carboxylic acids is 1. The summed E-state index contributed by atoms with van der Waals surface area (Å²) in [6.07, 6.45) is 3.49. The summed E-state index contributed by atoms with van der Waals surface area (Å²) in [5.74, 6) is -0.0582. The van der Waals surface area contributed by atoms with Crippen LogP contribution >= 0.6 is 0 Å². The molecule has 0 aliphatic carbocycles. The molecule has 1 fully saturated rings. The number of para-hydroxylation sites is 1. The van der Waals surface area contributed by atoms with Gasteiger partial charge < -0.3 is 9.88 Å². The summed E-state index contributed by atoms with van der Waals surface area (Å²) < 4.78 is 15.5. The number of fused-ring (bicyclic) bond motifs is 1. The van der Waals surface area contributed by atoms with Crippen LogP contribution in [0.25, 0.3) is 10.9 Å². The van der Waals surface area contributed by atoms with E-state index < -0.39 is 0 Å².